The summed E-state index contributed by atoms with van der Waals surface area (Å²) in [6.07, 6.45) is 0. The number of carbonyl (C=O) groups excluding carboxylic acids is 1. The highest BCUT2D eigenvalue weighted by Gasteiger charge is 2.16. The molecule has 0 aliphatic carbocycles. The van der Waals surface area contributed by atoms with Gasteiger partial charge in [0.2, 0.25) is 0 Å². The first kappa shape index (κ1) is 11.6. The third kappa shape index (κ3) is 2.13. The maximum absolute atomic E-state index is 11.5. The van der Waals surface area contributed by atoms with Crippen LogP contribution in [0.3, 0.4) is 0 Å². The maximum Gasteiger partial charge on any atom is 0.348 e. The molecule has 0 saturated heterocycles. The lowest BCUT2D eigenvalue weighted by atomic mass is 10.4. The first-order chi connectivity index (χ1) is 7.13. The zero-order valence-corrected chi connectivity index (χ0v) is 12.5. The van der Waals surface area contributed by atoms with Crippen molar-refractivity contribution < 1.29 is 9.53 Å². The first-order valence-corrected chi connectivity index (χ1v) is 7.39. The minimum Gasteiger partial charge on any atom is -0.462 e. The van der Waals surface area contributed by atoms with E-state index in [4.69, 9.17) is 4.74 Å². The quantitative estimate of drug-likeness (QED) is 0.719. The van der Waals surface area contributed by atoms with Gasteiger partial charge in [-0.1, -0.05) is 0 Å². The van der Waals surface area contributed by atoms with Crippen LogP contribution in [0.1, 0.15) is 16.6 Å². The van der Waals surface area contributed by atoms with E-state index in [1.165, 1.54) is 11.3 Å². The Morgan fingerprint density at radius 2 is 2.20 bits per heavy atom. The van der Waals surface area contributed by atoms with Crippen molar-refractivity contribution in [3.63, 3.8) is 0 Å². The molecular weight excluding hydrogens is 364 g/mol. The summed E-state index contributed by atoms with van der Waals surface area (Å²) in [7, 11) is 0. The van der Waals surface area contributed by atoms with Gasteiger partial charge < -0.3 is 4.74 Å². The molecule has 0 aromatic carbocycles. The fourth-order valence-electron chi connectivity index (χ4n) is 1.14. The molecular formula is C9H6Br2O2S2. The lowest BCUT2D eigenvalue weighted by molar-refractivity contribution is 0.0532. The highest BCUT2D eigenvalue weighted by atomic mass is 79.9. The standard InChI is InChI=1S/C9H6Br2O2S2/c1-2-13-9(12)5-3-4-7(14-5)6(10)8(11)15-4/h3H,2H2,1H3. The van der Waals surface area contributed by atoms with Crippen LogP contribution >= 0.6 is 54.5 Å². The lowest BCUT2D eigenvalue weighted by Gasteiger charge is -1.96. The van der Waals surface area contributed by atoms with Crippen LogP contribution in [0, 0.1) is 0 Å². The fraction of sp³-hybridized carbons (Fsp3) is 0.222. The Bertz CT molecular complexity index is 515. The number of thiophene rings is 2. The van der Waals surface area contributed by atoms with Crippen molar-refractivity contribution in [3.8, 4) is 0 Å². The number of hydrogen-bond donors (Lipinski definition) is 0. The lowest BCUT2D eigenvalue weighted by Crippen LogP contribution is -2.01. The summed E-state index contributed by atoms with van der Waals surface area (Å²) >= 11 is 9.98. The fourth-order valence-corrected chi connectivity index (χ4v) is 4.86. The molecule has 0 saturated carbocycles. The Kier molecular flexibility index (Phi) is 3.49. The van der Waals surface area contributed by atoms with Crippen LogP contribution in [0.5, 0.6) is 0 Å². The monoisotopic (exact) mass is 368 g/mol. The highest BCUT2D eigenvalue weighted by Crippen LogP contribution is 2.43. The highest BCUT2D eigenvalue weighted by molar-refractivity contribution is 9.13. The number of esters is 1. The van der Waals surface area contributed by atoms with Gasteiger partial charge >= 0.3 is 5.97 Å². The number of fused-ring (bicyclic) bond motifs is 1. The summed E-state index contributed by atoms with van der Waals surface area (Å²) in [6, 6.07) is 1.87. The van der Waals surface area contributed by atoms with Crippen molar-refractivity contribution in [2.45, 2.75) is 6.92 Å². The molecule has 6 heteroatoms. The van der Waals surface area contributed by atoms with E-state index in [1.54, 1.807) is 18.3 Å². The second kappa shape index (κ2) is 4.53. The van der Waals surface area contributed by atoms with Gasteiger partial charge in [-0.25, -0.2) is 4.79 Å². The summed E-state index contributed by atoms with van der Waals surface area (Å²) in [5.41, 5.74) is 0. The van der Waals surface area contributed by atoms with Gasteiger partial charge in [0.25, 0.3) is 0 Å². The van der Waals surface area contributed by atoms with E-state index in [0.29, 0.717) is 11.5 Å². The molecule has 0 spiro atoms. The smallest absolute Gasteiger partial charge is 0.348 e. The van der Waals surface area contributed by atoms with Crippen LogP contribution in [-0.2, 0) is 4.74 Å². The minimum atomic E-state index is -0.242. The van der Waals surface area contributed by atoms with E-state index in [0.717, 1.165) is 17.7 Å². The third-order valence-corrected chi connectivity index (χ3v) is 6.67. The Labute approximate surface area is 111 Å². The van der Waals surface area contributed by atoms with Crippen LogP contribution in [0.4, 0.5) is 0 Å². The largest absolute Gasteiger partial charge is 0.462 e. The van der Waals surface area contributed by atoms with E-state index < -0.39 is 0 Å². The second-order valence-electron chi connectivity index (χ2n) is 2.71. The number of hydrogen-bond acceptors (Lipinski definition) is 4. The van der Waals surface area contributed by atoms with Crippen molar-refractivity contribution in [1.29, 1.82) is 0 Å². The average molecular weight is 370 g/mol. The zero-order valence-electron chi connectivity index (χ0n) is 7.67. The molecule has 15 heavy (non-hydrogen) atoms. The molecule has 0 bridgehead atoms. The van der Waals surface area contributed by atoms with Gasteiger partial charge in [-0.05, 0) is 44.8 Å². The molecule has 2 heterocycles. The summed E-state index contributed by atoms with van der Waals surface area (Å²) in [5, 5.41) is 0. The topological polar surface area (TPSA) is 26.3 Å². The summed E-state index contributed by atoms with van der Waals surface area (Å²) in [6.45, 7) is 2.22. The molecule has 0 radical (unpaired) electrons. The van der Waals surface area contributed by atoms with E-state index in [-0.39, 0.29) is 5.97 Å². The predicted molar refractivity (Wildman–Crippen MR) is 71.1 cm³/mol. The van der Waals surface area contributed by atoms with Gasteiger partial charge in [0, 0.05) is 4.70 Å². The van der Waals surface area contributed by atoms with Crippen LogP contribution in [0.25, 0.3) is 9.40 Å². The van der Waals surface area contributed by atoms with E-state index >= 15 is 0 Å². The Morgan fingerprint density at radius 1 is 1.47 bits per heavy atom. The maximum atomic E-state index is 11.5. The first-order valence-electron chi connectivity index (χ1n) is 4.18. The van der Waals surface area contributed by atoms with Crippen LogP contribution < -0.4 is 0 Å². The summed E-state index contributed by atoms with van der Waals surface area (Å²) in [5.74, 6) is -0.242. The van der Waals surface area contributed by atoms with Crippen molar-refractivity contribution >= 4 is 69.9 Å². The van der Waals surface area contributed by atoms with Gasteiger partial charge in [-0.3, -0.25) is 0 Å². The van der Waals surface area contributed by atoms with Crippen molar-refractivity contribution in [1.82, 2.24) is 0 Å². The third-order valence-electron chi connectivity index (χ3n) is 1.75. The molecule has 0 fully saturated rings. The Balaban J connectivity index is 2.44. The van der Waals surface area contributed by atoms with Crippen molar-refractivity contribution in [2.24, 2.45) is 0 Å². The van der Waals surface area contributed by atoms with Crippen LogP contribution in [-0.4, -0.2) is 12.6 Å². The van der Waals surface area contributed by atoms with E-state index in [9.17, 15) is 4.79 Å². The van der Waals surface area contributed by atoms with Gasteiger partial charge in [-0.15, -0.1) is 22.7 Å². The predicted octanol–water partition coefficient (Wildman–Crippen LogP) is 4.66. The van der Waals surface area contributed by atoms with Crippen molar-refractivity contribution in [3.05, 3.63) is 19.2 Å². The van der Waals surface area contributed by atoms with Gasteiger partial charge in [-0.2, -0.15) is 0 Å². The molecule has 2 nitrogen and oxygen atoms in total. The molecule has 0 aliphatic heterocycles. The molecule has 2 aromatic rings. The Hall–Kier alpha value is 0.0900. The molecule has 80 valence electrons. The summed E-state index contributed by atoms with van der Waals surface area (Å²) in [4.78, 5) is 12.1. The number of rotatable bonds is 2. The number of ether oxygens (including phenoxy) is 1. The molecule has 2 aromatic heterocycles. The number of halogens is 2. The van der Waals surface area contributed by atoms with E-state index in [1.807, 2.05) is 6.07 Å². The van der Waals surface area contributed by atoms with Crippen molar-refractivity contribution in [2.75, 3.05) is 6.61 Å². The van der Waals surface area contributed by atoms with Gasteiger partial charge in [0.1, 0.15) is 4.88 Å². The molecule has 0 atom stereocenters. The van der Waals surface area contributed by atoms with Crippen LogP contribution in [0.2, 0.25) is 0 Å². The van der Waals surface area contributed by atoms with Gasteiger partial charge in [0.05, 0.1) is 19.6 Å². The minimum absolute atomic E-state index is 0.242. The molecule has 0 N–H and O–H groups in total. The Morgan fingerprint density at radius 3 is 2.80 bits per heavy atom. The van der Waals surface area contributed by atoms with Gasteiger partial charge in [0.15, 0.2) is 0 Å². The average Bonchev–Trinajstić information content (AvgIpc) is 2.70. The molecule has 2 rings (SSSR count). The molecule has 0 aliphatic rings. The second-order valence-corrected chi connectivity index (χ2v) is 6.93. The molecule has 0 amide bonds. The van der Waals surface area contributed by atoms with Crippen LogP contribution in [0.15, 0.2) is 14.3 Å². The summed E-state index contributed by atoms with van der Waals surface area (Å²) < 4.78 is 9.21. The SMILES string of the molecule is CCOC(=O)c1cc2sc(Br)c(Br)c2s1. The zero-order chi connectivity index (χ0) is 11.0. The molecule has 0 unspecified atom stereocenters. The normalized spacial score (nSPS) is 10.9. The van der Waals surface area contributed by atoms with E-state index in [2.05, 4.69) is 31.9 Å². The number of carbonyl (C=O) groups is 1.